The number of amides is 1. The van der Waals surface area contributed by atoms with Crippen LogP contribution >= 0.6 is 0 Å². The molecule has 2 nitrogen and oxygen atoms in total. The lowest BCUT2D eigenvalue weighted by Crippen LogP contribution is -2.37. The number of hydrogen-bond acceptors (Lipinski definition) is 1. The van der Waals surface area contributed by atoms with Gasteiger partial charge in [-0.1, -0.05) is 34.6 Å². The average Bonchev–Trinajstić information content (AvgIpc) is 2.34. The molecule has 2 heteroatoms. The Bertz CT molecular complexity index is 170. The highest BCUT2D eigenvalue weighted by Crippen LogP contribution is 2.28. The van der Waals surface area contributed by atoms with Gasteiger partial charge in [-0.2, -0.15) is 0 Å². The summed E-state index contributed by atoms with van der Waals surface area (Å²) in [6, 6.07) is 0.284. The highest BCUT2D eigenvalue weighted by Gasteiger charge is 2.24. The first kappa shape index (κ1) is 18.8. The summed E-state index contributed by atoms with van der Waals surface area (Å²) < 4.78 is 0. The van der Waals surface area contributed by atoms with Crippen molar-refractivity contribution in [2.24, 2.45) is 11.8 Å². The van der Waals surface area contributed by atoms with E-state index in [9.17, 15) is 4.79 Å². The minimum absolute atomic E-state index is 0.266. The Morgan fingerprint density at radius 1 is 1.00 bits per heavy atom. The van der Waals surface area contributed by atoms with E-state index in [4.69, 9.17) is 0 Å². The summed E-state index contributed by atoms with van der Waals surface area (Å²) in [7, 11) is 0. The molecule has 0 bridgehead atoms. The standard InChI is InChI=1S/C11H21NO.2C2H6/c1-8(2)12-11(13)10-6-4-9(3)5-7-10;2*1-2/h8-10H,4-7H2,1-3H3,(H,12,13);2*1-2H3. The summed E-state index contributed by atoms with van der Waals surface area (Å²) in [5.74, 6) is 1.38. The van der Waals surface area contributed by atoms with Crippen LogP contribution in [0.25, 0.3) is 0 Å². The van der Waals surface area contributed by atoms with Gasteiger partial charge in [0.1, 0.15) is 0 Å². The van der Waals surface area contributed by atoms with E-state index in [0.717, 1.165) is 18.8 Å². The molecule has 0 aromatic carbocycles. The van der Waals surface area contributed by atoms with Gasteiger partial charge in [-0.15, -0.1) is 0 Å². The fourth-order valence-electron chi connectivity index (χ4n) is 1.92. The predicted octanol–water partition coefficient (Wildman–Crippen LogP) is 4.39. The highest BCUT2D eigenvalue weighted by atomic mass is 16.1. The number of nitrogens with one attached hydrogen (secondary N) is 1. The number of carbonyl (C=O) groups excluding carboxylic acids is 1. The van der Waals surface area contributed by atoms with Crippen molar-refractivity contribution in [1.29, 1.82) is 0 Å². The average molecular weight is 243 g/mol. The van der Waals surface area contributed by atoms with Crippen molar-refractivity contribution in [2.45, 2.75) is 80.2 Å². The van der Waals surface area contributed by atoms with Crippen molar-refractivity contribution in [3.8, 4) is 0 Å². The van der Waals surface area contributed by atoms with Crippen molar-refractivity contribution in [1.82, 2.24) is 5.32 Å². The first-order valence-electron chi connectivity index (χ1n) is 7.40. The molecule has 0 radical (unpaired) electrons. The molecule has 1 aliphatic carbocycles. The number of carbonyl (C=O) groups is 1. The SMILES string of the molecule is CC.CC.CC1CCC(C(=O)NC(C)C)CC1. The van der Waals surface area contributed by atoms with Gasteiger partial charge in [-0.05, 0) is 45.4 Å². The molecule has 0 spiro atoms. The molecule has 1 saturated carbocycles. The zero-order chi connectivity index (χ0) is 13.8. The van der Waals surface area contributed by atoms with Gasteiger partial charge in [0, 0.05) is 12.0 Å². The second-order valence-electron chi connectivity index (χ2n) is 4.62. The second kappa shape index (κ2) is 11.9. The second-order valence-corrected chi connectivity index (χ2v) is 4.62. The molecule has 0 aromatic rings. The Morgan fingerprint density at radius 2 is 1.41 bits per heavy atom. The lowest BCUT2D eigenvalue weighted by Gasteiger charge is -2.25. The van der Waals surface area contributed by atoms with Crippen LogP contribution in [-0.4, -0.2) is 11.9 Å². The molecule has 0 unspecified atom stereocenters. The van der Waals surface area contributed by atoms with Gasteiger partial charge >= 0.3 is 0 Å². The van der Waals surface area contributed by atoms with Crippen molar-refractivity contribution < 1.29 is 4.79 Å². The van der Waals surface area contributed by atoms with Gasteiger partial charge in [0.15, 0.2) is 0 Å². The molecule has 0 saturated heterocycles. The Hall–Kier alpha value is -0.530. The third-order valence-corrected chi connectivity index (χ3v) is 2.82. The quantitative estimate of drug-likeness (QED) is 0.765. The summed E-state index contributed by atoms with van der Waals surface area (Å²) >= 11 is 0. The molecule has 0 aromatic heterocycles. The summed E-state index contributed by atoms with van der Waals surface area (Å²) in [4.78, 5) is 11.6. The van der Waals surface area contributed by atoms with E-state index in [0.29, 0.717) is 5.92 Å². The Labute approximate surface area is 109 Å². The summed E-state index contributed by atoms with van der Waals surface area (Å²) in [5.41, 5.74) is 0. The molecule has 104 valence electrons. The van der Waals surface area contributed by atoms with Gasteiger partial charge in [-0.3, -0.25) is 4.79 Å². The first-order chi connectivity index (χ1) is 8.09. The lowest BCUT2D eigenvalue weighted by molar-refractivity contribution is -0.126. The van der Waals surface area contributed by atoms with Crippen LogP contribution in [0.5, 0.6) is 0 Å². The monoisotopic (exact) mass is 243 g/mol. The fraction of sp³-hybridized carbons (Fsp3) is 0.933. The van der Waals surface area contributed by atoms with Crippen LogP contribution in [0.1, 0.15) is 74.1 Å². The largest absolute Gasteiger partial charge is 0.354 e. The van der Waals surface area contributed by atoms with E-state index in [-0.39, 0.29) is 11.9 Å². The molecule has 1 fully saturated rings. The number of hydrogen-bond donors (Lipinski definition) is 1. The van der Waals surface area contributed by atoms with E-state index in [1.54, 1.807) is 0 Å². The van der Waals surface area contributed by atoms with Crippen molar-refractivity contribution in [3.05, 3.63) is 0 Å². The molecular weight excluding hydrogens is 210 g/mol. The molecule has 1 amide bonds. The van der Waals surface area contributed by atoms with E-state index in [1.807, 2.05) is 41.5 Å². The highest BCUT2D eigenvalue weighted by molar-refractivity contribution is 5.78. The zero-order valence-corrected chi connectivity index (χ0v) is 13.0. The van der Waals surface area contributed by atoms with Gasteiger partial charge in [0.25, 0.3) is 0 Å². The molecule has 0 heterocycles. The topological polar surface area (TPSA) is 29.1 Å². The molecular formula is C15H33NO. The van der Waals surface area contributed by atoms with Crippen LogP contribution in [-0.2, 0) is 4.79 Å². The smallest absolute Gasteiger partial charge is 0.223 e. The van der Waals surface area contributed by atoms with Crippen LogP contribution in [0.4, 0.5) is 0 Å². The molecule has 17 heavy (non-hydrogen) atoms. The maximum Gasteiger partial charge on any atom is 0.223 e. The fourth-order valence-corrected chi connectivity index (χ4v) is 1.92. The van der Waals surface area contributed by atoms with Crippen molar-refractivity contribution in [2.75, 3.05) is 0 Å². The van der Waals surface area contributed by atoms with E-state index in [2.05, 4.69) is 12.2 Å². The molecule has 0 atom stereocenters. The van der Waals surface area contributed by atoms with Crippen molar-refractivity contribution in [3.63, 3.8) is 0 Å². The maximum absolute atomic E-state index is 11.6. The maximum atomic E-state index is 11.6. The van der Waals surface area contributed by atoms with E-state index >= 15 is 0 Å². The minimum Gasteiger partial charge on any atom is -0.354 e. The van der Waals surface area contributed by atoms with Gasteiger partial charge in [-0.25, -0.2) is 0 Å². The molecule has 0 aliphatic heterocycles. The van der Waals surface area contributed by atoms with Gasteiger partial charge in [0.2, 0.25) is 5.91 Å². The normalized spacial score (nSPS) is 22.8. The van der Waals surface area contributed by atoms with Gasteiger partial charge in [0.05, 0.1) is 0 Å². The third kappa shape index (κ3) is 9.20. The molecule has 1 aliphatic rings. The van der Waals surface area contributed by atoms with Crippen LogP contribution < -0.4 is 5.32 Å². The molecule has 1 N–H and O–H groups in total. The summed E-state index contributed by atoms with van der Waals surface area (Å²) in [5, 5.41) is 2.99. The van der Waals surface area contributed by atoms with Gasteiger partial charge < -0.3 is 5.32 Å². The van der Waals surface area contributed by atoms with Crippen LogP contribution in [0.3, 0.4) is 0 Å². The van der Waals surface area contributed by atoms with Crippen LogP contribution in [0.15, 0.2) is 0 Å². The Morgan fingerprint density at radius 3 is 1.76 bits per heavy atom. The zero-order valence-electron chi connectivity index (χ0n) is 13.0. The summed E-state index contributed by atoms with van der Waals surface area (Å²) in [6.07, 6.45) is 4.60. The Balaban J connectivity index is 0. The van der Waals surface area contributed by atoms with E-state index in [1.165, 1.54) is 12.8 Å². The molecule has 1 rings (SSSR count). The van der Waals surface area contributed by atoms with Crippen LogP contribution in [0, 0.1) is 11.8 Å². The third-order valence-electron chi connectivity index (χ3n) is 2.82. The minimum atomic E-state index is 0.266. The van der Waals surface area contributed by atoms with E-state index < -0.39 is 0 Å². The Kier molecular flexibility index (Phi) is 13.2. The first-order valence-corrected chi connectivity index (χ1v) is 7.40. The number of rotatable bonds is 2. The summed E-state index contributed by atoms with van der Waals surface area (Å²) in [6.45, 7) is 14.3. The lowest BCUT2D eigenvalue weighted by atomic mass is 9.82. The van der Waals surface area contributed by atoms with Crippen LogP contribution in [0.2, 0.25) is 0 Å². The van der Waals surface area contributed by atoms with Crippen molar-refractivity contribution >= 4 is 5.91 Å². The predicted molar refractivity (Wildman–Crippen MR) is 77.1 cm³/mol.